The van der Waals surface area contributed by atoms with Gasteiger partial charge in [0.2, 0.25) is 0 Å². The lowest BCUT2D eigenvalue weighted by molar-refractivity contribution is 0.457. The molecule has 1 aliphatic carbocycles. The number of benzene rings is 1. The van der Waals surface area contributed by atoms with Crippen LogP contribution in [0.4, 0.5) is 0 Å². The Kier molecular flexibility index (Phi) is 2.74. The van der Waals surface area contributed by atoms with E-state index in [0.29, 0.717) is 22.6 Å². The normalized spacial score (nSPS) is 21.5. The van der Waals surface area contributed by atoms with Crippen LogP contribution >= 0.6 is 0 Å². The molecule has 0 aliphatic heterocycles. The average molecular weight is 233 g/mol. The number of phenolic OH excluding ortho intramolecular Hbond substituents is 1. The van der Waals surface area contributed by atoms with Gasteiger partial charge in [-0.1, -0.05) is 45.4 Å². The van der Waals surface area contributed by atoms with Crippen LogP contribution in [0.2, 0.25) is 0 Å². The Labute approximate surface area is 104 Å². The minimum absolute atomic E-state index is 0.340. The van der Waals surface area contributed by atoms with Gasteiger partial charge in [-0.05, 0) is 23.8 Å². The van der Waals surface area contributed by atoms with Crippen molar-refractivity contribution >= 4 is 0 Å². The molecule has 1 fully saturated rings. The van der Waals surface area contributed by atoms with Crippen molar-refractivity contribution in [3.63, 3.8) is 0 Å². The van der Waals surface area contributed by atoms with Crippen LogP contribution in [0.15, 0.2) is 18.2 Å². The van der Waals surface area contributed by atoms with Crippen LogP contribution < -0.4 is 5.32 Å². The molecule has 0 spiro atoms. The molecule has 2 N–H and O–H groups in total. The van der Waals surface area contributed by atoms with Gasteiger partial charge >= 0.3 is 0 Å². The second-order valence-electron chi connectivity index (χ2n) is 6.39. The maximum absolute atomic E-state index is 9.79. The number of aromatic hydroxyl groups is 1. The first kappa shape index (κ1) is 12.4. The zero-order chi connectivity index (χ0) is 12.8. The highest BCUT2D eigenvalue weighted by atomic mass is 16.3. The summed E-state index contributed by atoms with van der Waals surface area (Å²) in [5.41, 5.74) is 2.86. The first-order chi connectivity index (χ1) is 7.76. The predicted molar refractivity (Wildman–Crippen MR) is 71.0 cm³/mol. The molecule has 0 amide bonds. The fourth-order valence-corrected chi connectivity index (χ4v) is 2.77. The number of phenols is 1. The maximum Gasteiger partial charge on any atom is 0.120 e. The quantitative estimate of drug-likeness (QED) is 0.840. The van der Waals surface area contributed by atoms with E-state index >= 15 is 0 Å². The van der Waals surface area contributed by atoms with Crippen molar-refractivity contribution in [3.8, 4) is 5.75 Å². The molecule has 2 heteroatoms. The van der Waals surface area contributed by atoms with Gasteiger partial charge in [0, 0.05) is 18.2 Å². The molecule has 94 valence electrons. The smallest absolute Gasteiger partial charge is 0.120 e. The van der Waals surface area contributed by atoms with Crippen LogP contribution in [0.1, 0.15) is 38.8 Å². The molecular formula is C15H23NO. The van der Waals surface area contributed by atoms with Crippen LogP contribution in [-0.2, 0) is 6.54 Å². The summed E-state index contributed by atoms with van der Waals surface area (Å²) >= 11 is 0. The standard InChI is InChI=1S/C15H23NO/c1-10-6-7-12(17)11(8-10)9-16-13-14(2,3)15(13,4)5/h6-8,13,16-17H,9H2,1-5H3. The molecule has 0 heterocycles. The molecule has 0 bridgehead atoms. The lowest BCUT2D eigenvalue weighted by Gasteiger charge is -2.09. The minimum atomic E-state index is 0.340. The van der Waals surface area contributed by atoms with E-state index in [0.717, 1.165) is 12.1 Å². The Balaban J connectivity index is 2.03. The summed E-state index contributed by atoms with van der Waals surface area (Å²) in [6.07, 6.45) is 0. The number of aryl methyl sites for hydroxylation is 1. The molecule has 2 rings (SSSR count). The van der Waals surface area contributed by atoms with Gasteiger partial charge in [-0.2, -0.15) is 0 Å². The predicted octanol–water partition coefficient (Wildman–Crippen LogP) is 3.22. The van der Waals surface area contributed by atoms with Gasteiger partial charge in [-0.15, -0.1) is 0 Å². The lowest BCUT2D eigenvalue weighted by atomic mass is 10.0. The van der Waals surface area contributed by atoms with Crippen molar-refractivity contribution < 1.29 is 5.11 Å². The highest BCUT2D eigenvalue weighted by Gasteiger charge is 2.64. The van der Waals surface area contributed by atoms with Gasteiger partial charge in [-0.25, -0.2) is 0 Å². The monoisotopic (exact) mass is 233 g/mol. The summed E-state index contributed by atoms with van der Waals surface area (Å²) < 4.78 is 0. The SMILES string of the molecule is Cc1ccc(O)c(CNC2C(C)(C)C2(C)C)c1. The van der Waals surface area contributed by atoms with Gasteiger partial charge in [0.05, 0.1) is 0 Å². The maximum atomic E-state index is 9.79. The molecule has 1 aliphatic rings. The van der Waals surface area contributed by atoms with E-state index in [9.17, 15) is 5.11 Å². The van der Waals surface area contributed by atoms with Crippen molar-refractivity contribution in [1.82, 2.24) is 5.32 Å². The summed E-state index contributed by atoms with van der Waals surface area (Å²) in [7, 11) is 0. The Morgan fingerprint density at radius 3 is 2.29 bits per heavy atom. The fraction of sp³-hybridized carbons (Fsp3) is 0.600. The van der Waals surface area contributed by atoms with E-state index in [1.54, 1.807) is 6.07 Å². The summed E-state index contributed by atoms with van der Waals surface area (Å²) in [5.74, 6) is 0.388. The van der Waals surface area contributed by atoms with Crippen LogP contribution in [0.25, 0.3) is 0 Å². The van der Waals surface area contributed by atoms with Crippen molar-refractivity contribution in [2.45, 2.75) is 47.2 Å². The molecule has 17 heavy (non-hydrogen) atoms. The second kappa shape index (κ2) is 3.74. The Morgan fingerprint density at radius 1 is 1.18 bits per heavy atom. The molecule has 0 saturated heterocycles. The number of hydrogen-bond acceptors (Lipinski definition) is 2. The summed E-state index contributed by atoms with van der Waals surface area (Å²) in [6.45, 7) is 12.0. The molecule has 0 atom stereocenters. The highest BCUT2D eigenvalue weighted by Crippen LogP contribution is 2.62. The van der Waals surface area contributed by atoms with E-state index in [1.165, 1.54) is 5.56 Å². The molecule has 0 unspecified atom stereocenters. The largest absolute Gasteiger partial charge is 0.508 e. The van der Waals surface area contributed by atoms with E-state index in [1.807, 2.05) is 19.1 Å². The van der Waals surface area contributed by atoms with Crippen molar-refractivity contribution in [1.29, 1.82) is 0 Å². The second-order valence-corrected chi connectivity index (χ2v) is 6.39. The third-order valence-corrected chi connectivity index (χ3v) is 4.75. The molecule has 1 aromatic rings. The fourth-order valence-electron chi connectivity index (χ4n) is 2.77. The van der Waals surface area contributed by atoms with Crippen LogP contribution in [0.5, 0.6) is 5.75 Å². The minimum Gasteiger partial charge on any atom is -0.508 e. The topological polar surface area (TPSA) is 32.3 Å². The van der Waals surface area contributed by atoms with Crippen LogP contribution in [-0.4, -0.2) is 11.1 Å². The van der Waals surface area contributed by atoms with Gasteiger partial charge in [0.25, 0.3) is 0 Å². The number of nitrogens with one attached hydrogen (secondary N) is 1. The van der Waals surface area contributed by atoms with E-state index in [4.69, 9.17) is 0 Å². The Hall–Kier alpha value is -1.02. The molecule has 0 radical (unpaired) electrons. The molecular weight excluding hydrogens is 210 g/mol. The van der Waals surface area contributed by atoms with E-state index in [2.05, 4.69) is 33.0 Å². The summed E-state index contributed by atoms with van der Waals surface area (Å²) in [5, 5.41) is 13.3. The van der Waals surface area contributed by atoms with Crippen molar-refractivity contribution in [2.75, 3.05) is 0 Å². The molecule has 0 aromatic heterocycles. The number of rotatable bonds is 3. The Morgan fingerprint density at radius 2 is 1.76 bits per heavy atom. The van der Waals surface area contributed by atoms with Crippen LogP contribution in [0, 0.1) is 17.8 Å². The third kappa shape index (κ3) is 1.95. The molecule has 1 aromatic carbocycles. The van der Waals surface area contributed by atoms with E-state index in [-0.39, 0.29) is 0 Å². The first-order valence-corrected chi connectivity index (χ1v) is 6.28. The molecule has 1 saturated carbocycles. The molecule has 2 nitrogen and oxygen atoms in total. The van der Waals surface area contributed by atoms with Gasteiger partial charge < -0.3 is 10.4 Å². The van der Waals surface area contributed by atoms with Crippen molar-refractivity contribution in [3.05, 3.63) is 29.3 Å². The summed E-state index contributed by atoms with van der Waals surface area (Å²) in [6, 6.07) is 6.28. The zero-order valence-electron chi connectivity index (χ0n) is 11.5. The lowest BCUT2D eigenvalue weighted by Crippen LogP contribution is -2.21. The van der Waals surface area contributed by atoms with Gasteiger partial charge in [0.15, 0.2) is 0 Å². The average Bonchev–Trinajstić information content (AvgIpc) is 2.60. The van der Waals surface area contributed by atoms with Crippen molar-refractivity contribution in [2.24, 2.45) is 10.8 Å². The third-order valence-electron chi connectivity index (χ3n) is 4.75. The zero-order valence-corrected chi connectivity index (χ0v) is 11.5. The van der Waals surface area contributed by atoms with Gasteiger partial charge in [-0.3, -0.25) is 0 Å². The van der Waals surface area contributed by atoms with Gasteiger partial charge in [0.1, 0.15) is 5.75 Å². The summed E-state index contributed by atoms with van der Waals surface area (Å²) in [4.78, 5) is 0. The number of hydrogen-bond donors (Lipinski definition) is 2. The van der Waals surface area contributed by atoms with Crippen LogP contribution in [0.3, 0.4) is 0 Å². The highest BCUT2D eigenvalue weighted by molar-refractivity contribution is 5.36. The van der Waals surface area contributed by atoms with E-state index < -0.39 is 0 Å². The Bertz CT molecular complexity index is 421. The first-order valence-electron chi connectivity index (χ1n) is 6.28.